The first-order chi connectivity index (χ1) is 3.91. The van der Waals surface area contributed by atoms with Crippen LogP contribution in [-0.2, 0) is 4.84 Å². The van der Waals surface area contributed by atoms with Gasteiger partial charge in [0.25, 0.3) is 0 Å². The molecule has 0 amide bonds. The van der Waals surface area contributed by atoms with Crippen LogP contribution in [0.3, 0.4) is 0 Å². The predicted molar refractivity (Wildman–Crippen MR) is 32.1 cm³/mol. The van der Waals surface area contributed by atoms with E-state index in [4.69, 9.17) is 5.53 Å². The van der Waals surface area contributed by atoms with Gasteiger partial charge in [-0.15, -0.1) is 4.89 Å². The lowest BCUT2D eigenvalue weighted by atomic mass is 10.7. The zero-order valence-electron chi connectivity index (χ0n) is 4.11. The average Bonchev–Trinajstić information content (AvgIpc) is 1.81. The van der Waals surface area contributed by atoms with Gasteiger partial charge in [-0.2, -0.15) is 0 Å². The van der Waals surface area contributed by atoms with Crippen molar-refractivity contribution in [1.82, 2.24) is 4.89 Å². The molecule has 0 aromatic heterocycles. The minimum absolute atomic E-state index is 0.323. The minimum Gasteiger partial charge on any atom is -0.291 e. The molecule has 0 aliphatic rings. The van der Waals surface area contributed by atoms with Gasteiger partial charge < -0.3 is 0 Å². The molecule has 46 valence electrons. The highest BCUT2D eigenvalue weighted by atomic mass is 32.1. The predicted octanol–water partition coefficient (Wildman–Crippen LogP) is 0.663. The minimum atomic E-state index is 0.323. The number of thiol groups is 1. The molecule has 8 heavy (non-hydrogen) atoms. The van der Waals surface area contributed by atoms with Gasteiger partial charge in [0.15, 0.2) is 0 Å². The van der Waals surface area contributed by atoms with Gasteiger partial charge in [-0.1, -0.05) is 17.9 Å². The Morgan fingerprint density at radius 3 is 3.12 bits per heavy atom. The van der Waals surface area contributed by atoms with Crippen LogP contribution in [0.15, 0.2) is 5.11 Å². The van der Waals surface area contributed by atoms with E-state index in [1.165, 1.54) is 0 Å². The first-order valence-corrected chi connectivity index (χ1v) is 2.38. The number of azide groups is 1. The van der Waals surface area contributed by atoms with Crippen molar-refractivity contribution < 1.29 is 4.84 Å². The second kappa shape index (κ2) is 6.58. The van der Waals surface area contributed by atoms with Crippen LogP contribution in [0.5, 0.6) is 0 Å². The van der Waals surface area contributed by atoms with Gasteiger partial charge in [0.05, 0.1) is 13.2 Å². The summed E-state index contributed by atoms with van der Waals surface area (Å²) in [4.78, 5) is 9.12. The van der Waals surface area contributed by atoms with E-state index in [2.05, 4.69) is 32.6 Å². The molecule has 0 saturated carbocycles. The quantitative estimate of drug-likeness (QED) is 0.148. The third-order valence-corrected chi connectivity index (χ3v) is 0.550. The maximum Gasteiger partial charge on any atom is 0.0749 e. The van der Waals surface area contributed by atoms with Crippen molar-refractivity contribution in [3.05, 3.63) is 10.4 Å². The Hall–Kier alpha value is -0.420. The Morgan fingerprint density at radius 1 is 1.88 bits per heavy atom. The number of nitrogens with one attached hydrogen (secondary N) is 1. The Kier molecular flexibility index (Phi) is 6.23. The number of rotatable bonds is 4. The number of hydrogen-bond donors (Lipinski definition) is 2. The molecule has 0 unspecified atom stereocenters. The third-order valence-electron chi connectivity index (χ3n) is 0.421. The molecule has 0 aromatic rings. The van der Waals surface area contributed by atoms with Crippen LogP contribution in [0.1, 0.15) is 0 Å². The molecule has 0 saturated heterocycles. The fourth-order valence-corrected chi connectivity index (χ4v) is 0.268. The molecular formula is C2H6N4OS. The normalized spacial score (nSPS) is 8.12. The highest BCUT2D eigenvalue weighted by Gasteiger charge is 1.77. The van der Waals surface area contributed by atoms with Crippen molar-refractivity contribution in [2.24, 2.45) is 5.11 Å². The molecule has 0 heterocycles. The molecule has 0 aliphatic heterocycles. The van der Waals surface area contributed by atoms with Crippen LogP contribution >= 0.6 is 12.8 Å². The lowest BCUT2D eigenvalue weighted by Gasteiger charge is -1.92. The molecule has 0 atom stereocenters. The Labute approximate surface area is 52.1 Å². The largest absolute Gasteiger partial charge is 0.291 e. The van der Waals surface area contributed by atoms with Crippen LogP contribution in [-0.4, -0.2) is 13.2 Å². The summed E-state index contributed by atoms with van der Waals surface area (Å²) in [6.07, 6.45) is 0. The van der Waals surface area contributed by atoms with Crippen molar-refractivity contribution in [3.8, 4) is 0 Å². The van der Waals surface area contributed by atoms with Crippen LogP contribution in [0.2, 0.25) is 0 Å². The summed E-state index contributed by atoms with van der Waals surface area (Å²) in [7, 11) is 0. The molecule has 0 bridgehead atoms. The van der Waals surface area contributed by atoms with Gasteiger partial charge in [0, 0.05) is 4.91 Å². The van der Waals surface area contributed by atoms with E-state index in [-0.39, 0.29) is 0 Å². The average molecular weight is 134 g/mol. The van der Waals surface area contributed by atoms with Crippen LogP contribution in [0.4, 0.5) is 0 Å². The summed E-state index contributed by atoms with van der Waals surface area (Å²) in [5, 5.41) is 3.19. The van der Waals surface area contributed by atoms with Crippen molar-refractivity contribution in [2.75, 3.05) is 13.2 Å². The van der Waals surface area contributed by atoms with E-state index in [9.17, 15) is 0 Å². The summed E-state index contributed by atoms with van der Waals surface area (Å²) in [5.41, 5.74) is 7.73. The van der Waals surface area contributed by atoms with E-state index >= 15 is 0 Å². The standard InChI is InChI=1S/C2H6N4OS/c3-5-4-1-2-7-6-8/h6,8H,1-2H2. The topological polar surface area (TPSA) is 70.0 Å². The molecule has 0 rings (SSSR count). The fourth-order valence-electron chi connectivity index (χ4n) is 0.177. The van der Waals surface area contributed by atoms with Crippen molar-refractivity contribution >= 4 is 12.8 Å². The lowest BCUT2D eigenvalue weighted by molar-refractivity contribution is 0.110. The van der Waals surface area contributed by atoms with Gasteiger partial charge >= 0.3 is 0 Å². The summed E-state index contributed by atoms with van der Waals surface area (Å²) >= 11 is 3.52. The zero-order valence-corrected chi connectivity index (χ0v) is 5.01. The Bertz CT molecular complexity index is 90.0. The lowest BCUT2D eigenvalue weighted by Crippen LogP contribution is -2.04. The molecule has 0 fully saturated rings. The monoisotopic (exact) mass is 134 g/mol. The Balaban J connectivity index is 2.82. The van der Waals surface area contributed by atoms with Gasteiger partial charge in [0.2, 0.25) is 0 Å². The second-order valence-corrected chi connectivity index (χ2v) is 1.08. The molecule has 0 radical (unpaired) electrons. The van der Waals surface area contributed by atoms with Gasteiger partial charge in [-0.25, -0.2) is 0 Å². The first-order valence-electron chi connectivity index (χ1n) is 1.93. The van der Waals surface area contributed by atoms with Gasteiger partial charge in [0.1, 0.15) is 0 Å². The van der Waals surface area contributed by atoms with Gasteiger partial charge in [-0.05, 0) is 5.53 Å². The van der Waals surface area contributed by atoms with Crippen LogP contribution < -0.4 is 4.89 Å². The van der Waals surface area contributed by atoms with Crippen LogP contribution in [0.25, 0.3) is 10.4 Å². The zero-order chi connectivity index (χ0) is 6.24. The summed E-state index contributed by atoms with van der Waals surface area (Å²) in [6.45, 7) is 0.664. The highest BCUT2D eigenvalue weighted by molar-refractivity contribution is 7.77. The Morgan fingerprint density at radius 2 is 2.62 bits per heavy atom. The van der Waals surface area contributed by atoms with E-state index in [1.54, 1.807) is 0 Å². The summed E-state index contributed by atoms with van der Waals surface area (Å²) in [6, 6.07) is 0. The molecule has 5 nitrogen and oxygen atoms in total. The number of nitrogens with zero attached hydrogens (tertiary/aromatic N) is 3. The molecule has 0 spiro atoms. The fraction of sp³-hybridized carbons (Fsp3) is 1.00. The SMILES string of the molecule is [N-]=[N+]=NCCONS. The van der Waals surface area contributed by atoms with E-state index < -0.39 is 0 Å². The molecule has 0 aliphatic carbocycles. The van der Waals surface area contributed by atoms with Crippen molar-refractivity contribution in [3.63, 3.8) is 0 Å². The molecule has 0 aromatic carbocycles. The number of hydrogen-bond acceptors (Lipinski definition) is 4. The maximum atomic E-state index is 7.73. The third kappa shape index (κ3) is 5.58. The second-order valence-electron chi connectivity index (χ2n) is 0.894. The summed E-state index contributed by atoms with van der Waals surface area (Å²) in [5.74, 6) is 0. The summed E-state index contributed by atoms with van der Waals surface area (Å²) < 4.78 is 0. The maximum absolute atomic E-state index is 7.73. The first kappa shape index (κ1) is 7.58. The molecule has 1 N–H and O–H groups in total. The van der Waals surface area contributed by atoms with E-state index in [0.717, 1.165) is 0 Å². The molecular weight excluding hydrogens is 128 g/mol. The smallest absolute Gasteiger partial charge is 0.0749 e. The highest BCUT2D eigenvalue weighted by Crippen LogP contribution is 1.72. The van der Waals surface area contributed by atoms with E-state index in [0.29, 0.717) is 13.2 Å². The van der Waals surface area contributed by atoms with E-state index in [1.807, 2.05) is 0 Å². The van der Waals surface area contributed by atoms with Crippen LogP contribution in [0, 0.1) is 0 Å². The van der Waals surface area contributed by atoms with Gasteiger partial charge in [-0.3, -0.25) is 4.84 Å². The van der Waals surface area contributed by atoms with Crippen molar-refractivity contribution in [2.45, 2.75) is 0 Å². The van der Waals surface area contributed by atoms with Crippen molar-refractivity contribution in [1.29, 1.82) is 0 Å². The molecule has 6 heteroatoms.